The molecule has 6 heteroatoms. The van der Waals surface area contributed by atoms with Crippen molar-refractivity contribution in [2.45, 2.75) is 70.9 Å². The minimum Gasteiger partial charge on any atom is -0.507 e. The van der Waals surface area contributed by atoms with Crippen molar-refractivity contribution in [3.8, 4) is 56.2 Å². The van der Waals surface area contributed by atoms with Gasteiger partial charge < -0.3 is 10.0 Å². The maximum absolute atomic E-state index is 12.3. The maximum Gasteiger partial charge on any atom is 0.148 e. The quantitative estimate of drug-likeness (QED) is 0.179. The fraction of sp³-hybridized carbons (Fsp3) is 0.200. The second kappa shape index (κ2) is 14.3. The third-order valence-corrected chi connectivity index (χ3v) is 12.8. The fourth-order valence-corrected chi connectivity index (χ4v) is 9.78. The van der Waals surface area contributed by atoms with Gasteiger partial charge in [-0.05, 0) is 87.0 Å². The van der Waals surface area contributed by atoms with Gasteiger partial charge in [0.25, 0.3) is 0 Å². The second-order valence-corrected chi connectivity index (χ2v) is 18.7. The molecule has 8 aromatic rings. The summed E-state index contributed by atoms with van der Waals surface area (Å²) >= 11 is 0. The number of aromatic nitrogens is 2. The first-order chi connectivity index (χ1) is 28.9. The number of aliphatic imine (C=N–C) groups is 1. The molecule has 2 aliphatic heterocycles. The molecule has 3 aliphatic rings. The number of para-hydroxylation sites is 2. The number of aromatic hydroxyl groups is 1. The summed E-state index contributed by atoms with van der Waals surface area (Å²) in [7, 11) is 0. The first-order valence-corrected chi connectivity index (χ1v) is 21.1. The molecule has 1 aliphatic carbocycles. The van der Waals surface area contributed by atoms with E-state index in [4.69, 9.17) is 9.98 Å². The number of phenolic OH excluding ortho intramolecular Hbond substituents is 1. The van der Waals surface area contributed by atoms with Crippen molar-refractivity contribution < 1.29 is 26.2 Å². The minimum atomic E-state index is -0.325. The van der Waals surface area contributed by atoms with E-state index in [1.807, 2.05) is 6.07 Å². The average molecular weight is 975 g/mol. The minimum absolute atomic E-state index is 0. The molecular formula is C55H47N4OPt-. The SMILES string of the molecule is CC(C)(C)c1ccc(-n2c(-c3cc(-c4ccccc4)cc(C(C)(C)C)c3O)nc3c(-c4[c-]c5c(cc4)-c4ccccc4N4C5=N[C@H]5c6ccccc6C[C@H]54)cccc32)cc1.[Pt]. The molecule has 0 unspecified atom stereocenters. The fourth-order valence-electron chi connectivity index (χ4n) is 9.78. The number of hydrogen-bond acceptors (Lipinski definition) is 4. The second-order valence-electron chi connectivity index (χ2n) is 18.7. The van der Waals surface area contributed by atoms with Gasteiger partial charge in [-0.25, -0.2) is 4.98 Å². The largest absolute Gasteiger partial charge is 0.507 e. The third kappa shape index (κ3) is 6.23. The van der Waals surface area contributed by atoms with Crippen LogP contribution in [0, 0.1) is 6.07 Å². The monoisotopic (exact) mass is 974 g/mol. The summed E-state index contributed by atoms with van der Waals surface area (Å²) in [6.07, 6.45) is 0.961. The Kier molecular flexibility index (Phi) is 9.16. The predicted molar refractivity (Wildman–Crippen MR) is 246 cm³/mol. The summed E-state index contributed by atoms with van der Waals surface area (Å²) in [5.74, 6) is 1.92. The van der Waals surface area contributed by atoms with Crippen molar-refractivity contribution in [3.05, 3.63) is 179 Å². The van der Waals surface area contributed by atoms with Gasteiger partial charge in [-0.2, -0.15) is 0 Å². The Morgan fingerprint density at radius 3 is 2.15 bits per heavy atom. The number of benzene rings is 7. The number of imidazole rings is 1. The molecule has 3 heterocycles. The van der Waals surface area contributed by atoms with Crippen molar-refractivity contribution in [2.75, 3.05) is 4.90 Å². The molecule has 0 saturated heterocycles. The Labute approximate surface area is 372 Å². The van der Waals surface area contributed by atoms with E-state index in [1.54, 1.807) is 0 Å². The molecule has 0 radical (unpaired) electrons. The van der Waals surface area contributed by atoms with Gasteiger partial charge >= 0.3 is 0 Å². The Hall–Kier alpha value is -6.03. The number of hydrogen-bond donors (Lipinski definition) is 1. The standard InChI is InChI=1S/C55H47N4O.Pt/c1-54(2,3)37-24-26-38(27-25-37)58-47-22-14-20-40(49(47)56-53(58)44-30-36(33-15-8-7-9-16-33)31-45(51(44)60)55(4,5)6)35-23-28-41-42-19-12-13-21-46(42)59-48-32-34-17-10-11-18-39(34)50(48)57-52(59)43(41)29-35;/h7-28,30-31,48,50,60H,32H2,1-6H3;/q-1;/t48-,50+;/m1./s1. The van der Waals surface area contributed by atoms with Crippen molar-refractivity contribution in [2.24, 2.45) is 4.99 Å². The molecule has 61 heavy (non-hydrogen) atoms. The van der Waals surface area contributed by atoms with E-state index in [0.717, 1.165) is 67.9 Å². The zero-order valence-electron chi connectivity index (χ0n) is 35.3. The molecule has 0 amide bonds. The van der Waals surface area contributed by atoms with Crippen LogP contribution in [-0.2, 0) is 38.3 Å². The maximum atomic E-state index is 12.3. The van der Waals surface area contributed by atoms with E-state index >= 15 is 0 Å². The van der Waals surface area contributed by atoms with Crippen LogP contribution in [0.3, 0.4) is 0 Å². The summed E-state index contributed by atoms with van der Waals surface area (Å²) in [5, 5.41) is 12.3. The molecule has 304 valence electrons. The first kappa shape index (κ1) is 39.1. The van der Waals surface area contributed by atoms with Crippen LogP contribution >= 0.6 is 0 Å². The molecule has 5 nitrogen and oxygen atoms in total. The molecule has 0 bridgehead atoms. The van der Waals surface area contributed by atoms with Gasteiger partial charge in [0, 0.05) is 38.0 Å². The van der Waals surface area contributed by atoms with Crippen molar-refractivity contribution in [3.63, 3.8) is 0 Å². The number of rotatable bonds is 4. The Morgan fingerprint density at radius 1 is 0.656 bits per heavy atom. The van der Waals surface area contributed by atoms with Crippen LogP contribution in [0.15, 0.2) is 151 Å². The number of phenols is 1. The van der Waals surface area contributed by atoms with Crippen LogP contribution in [0.5, 0.6) is 5.75 Å². The number of amidine groups is 1. The zero-order chi connectivity index (χ0) is 41.1. The zero-order valence-corrected chi connectivity index (χ0v) is 37.5. The van der Waals surface area contributed by atoms with E-state index < -0.39 is 0 Å². The molecule has 1 N–H and O–H groups in total. The van der Waals surface area contributed by atoms with Crippen LogP contribution in [0.25, 0.3) is 61.5 Å². The summed E-state index contributed by atoms with van der Waals surface area (Å²) in [6, 6.07) is 56.1. The summed E-state index contributed by atoms with van der Waals surface area (Å²) < 4.78 is 2.22. The van der Waals surface area contributed by atoms with E-state index in [9.17, 15) is 5.11 Å². The van der Waals surface area contributed by atoms with Crippen molar-refractivity contribution in [1.82, 2.24) is 9.55 Å². The van der Waals surface area contributed by atoms with Crippen LogP contribution in [0.4, 0.5) is 5.69 Å². The molecule has 1 aromatic heterocycles. The molecule has 0 saturated carbocycles. The Morgan fingerprint density at radius 2 is 1.38 bits per heavy atom. The predicted octanol–water partition coefficient (Wildman–Crippen LogP) is 13.0. The third-order valence-electron chi connectivity index (χ3n) is 12.8. The summed E-state index contributed by atoms with van der Waals surface area (Å²) in [6.45, 7) is 13.2. The number of fused-ring (bicyclic) bond motifs is 11. The van der Waals surface area contributed by atoms with Crippen LogP contribution in [-0.4, -0.2) is 26.5 Å². The Balaban J connectivity index is 0.00000445. The van der Waals surface area contributed by atoms with Crippen LogP contribution < -0.4 is 4.90 Å². The number of nitrogens with zero attached hydrogens (tertiary/aromatic N) is 4. The van der Waals surface area contributed by atoms with E-state index in [2.05, 4.69) is 197 Å². The van der Waals surface area contributed by atoms with Gasteiger partial charge in [-0.3, -0.25) is 9.56 Å². The molecule has 11 rings (SSSR count). The average Bonchev–Trinajstić information content (AvgIpc) is 3.94. The van der Waals surface area contributed by atoms with Gasteiger partial charge in [-0.1, -0.05) is 155 Å². The molecular weight excluding hydrogens is 928 g/mol. The van der Waals surface area contributed by atoms with Crippen LogP contribution in [0.1, 0.15) is 75.4 Å². The summed E-state index contributed by atoms with van der Waals surface area (Å²) in [5.41, 5.74) is 16.6. The molecule has 2 atom stereocenters. The van der Waals surface area contributed by atoms with Crippen LogP contribution in [0.2, 0.25) is 0 Å². The topological polar surface area (TPSA) is 53.6 Å². The van der Waals surface area contributed by atoms with E-state index in [-0.39, 0.29) is 49.7 Å². The molecule has 0 spiro atoms. The van der Waals surface area contributed by atoms with Gasteiger partial charge in [0.05, 0.1) is 34.5 Å². The first-order valence-electron chi connectivity index (χ1n) is 21.1. The summed E-state index contributed by atoms with van der Waals surface area (Å²) in [4.78, 5) is 13.5. The van der Waals surface area contributed by atoms with E-state index in [0.29, 0.717) is 11.4 Å². The van der Waals surface area contributed by atoms with Crippen molar-refractivity contribution >= 4 is 22.6 Å². The normalized spacial score (nSPS) is 16.3. The van der Waals surface area contributed by atoms with Gasteiger partial charge in [-0.15, -0.1) is 23.8 Å². The molecule has 7 aromatic carbocycles. The number of anilines is 1. The molecule has 0 fully saturated rings. The van der Waals surface area contributed by atoms with Gasteiger partial charge in [0.1, 0.15) is 11.6 Å². The van der Waals surface area contributed by atoms with Crippen molar-refractivity contribution in [1.29, 1.82) is 0 Å². The Bertz CT molecular complexity index is 3060. The van der Waals surface area contributed by atoms with Gasteiger partial charge in [0.15, 0.2) is 0 Å². The smallest absolute Gasteiger partial charge is 0.148 e. The van der Waals surface area contributed by atoms with E-state index in [1.165, 1.54) is 27.9 Å². The van der Waals surface area contributed by atoms with Gasteiger partial charge in [0.2, 0.25) is 0 Å².